The Morgan fingerprint density at radius 3 is 2.44 bits per heavy atom. The number of hydrogen-bond acceptors (Lipinski definition) is 3. The number of nitrogens with two attached hydrogens (primary N) is 1. The fraction of sp³-hybridized carbons (Fsp3) is 0.600. The topological polar surface area (TPSA) is 55.5 Å². The fourth-order valence-electron chi connectivity index (χ4n) is 1.81. The van der Waals surface area contributed by atoms with Crippen LogP contribution < -0.4 is 10.5 Å². The Labute approximate surface area is 110 Å². The molecule has 0 saturated carbocycles. The highest BCUT2D eigenvalue weighted by atomic mass is 16.5. The predicted molar refractivity (Wildman–Crippen MR) is 74.8 cm³/mol. The van der Waals surface area contributed by atoms with E-state index in [1.165, 1.54) is 0 Å². The lowest BCUT2D eigenvalue weighted by Gasteiger charge is -2.26. The summed E-state index contributed by atoms with van der Waals surface area (Å²) in [7, 11) is 0. The van der Waals surface area contributed by atoms with Gasteiger partial charge in [0.2, 0.25) is 0 Å². The fourth-order valence-corrected chi connectivity index (χ4v) is 1.81. The van der Waals surface area contributed by atoms with Crippen LogP contribution in [0.1, 0.15) is 50.8 Å². The number of aliphatic hydroxyl groups is 1. The van der Waals surface area contributed by atoms with Crippen molar-refractivity contribution in [1.29, 1.82) is 0 Å². The van der Waals surface area contributed by atoms with Gasteiger partial charge in [-0.15, -0.1) is 0 Å². The van der Waals surface area contributed by atoms with Gasteiger partial charge in [0, 0.05) is 11.6 Å². The molecule has 3 N–H and O–H groups in total. The van der Waals surface area contributed by atoms with Gasteiger partial charge in [-0.3, -0.25) is 0 Å². The van der Waals surface area contributed by atoms with E-state index in [-0.39, 0.29) is 6.04 Å². The molecule has 0 aromatic heterocycles. The Bertz CT molecular complexity index is 384. The molecule has 0 aliphatic carbocycles. The molecular formula is C15H25NO2. The molecule has 1 aromatic rings. The summed E-state index contributed by atoms with van der Waals surface area (Å²) in [5.41, 5.74) is 7.29. The number of hydrogen-bond donors (Lipinski definition) is 2. The standard InChI is InChI=1S/C15H25NO2/c1-5-15(17,6-2)10-18-14-9-11(3)7-8-13(14)12(4)16/h7-9,12,17H,5-6,10,16H2,1-4H3/t12-/m1/s1. The van der Waals surface area contributed by atoms with Gasteiger partial charge in [0.15, 0.2) is 0 Å². The van der Waals surface area contributed by atoms with E-state index in [1.807, 2.05) is 45.9 Å². The summed E-state index contributed by atoms with van der Waals surface area (Å²) in [6.45, 7) is 8.20. The van der Waals surface area contributed by atoms with Crippen LogP contribution in [0.2, 0.25) is 0 Å². The number of benzene rings is 1. The van der Waals surface area contributed by atoms with Crippen LogP contribution in [-0.4, -0.2) is 17.3 Å². The molecule has 0 bridgehead atoms. The van der Waals surface area contributed by atoms with Gasteiger partial charge in [-0.05, 0) is 38.3 Å². The van der Waals surface area contributed by atoms with Crippen LogP contribution in [0.3, 0.4) is 0 Å². The number of ether oxygens (including phenoxy) is 1. The Kier molecular flexibility index (Phi) is 5.17. The molecule has 3 nitrogen and oxygen atoms in total. The van der Waals surface area contributed by atoms with E-state index in [0.717, 1.165) is 16.9 Å². The van der Waals surface area contributed by atoms with Crippen LogP contribution in [0.15, 0.2) is 18.2 Å². The Morgan fingerprint density at radius 1 is 1.33 bits per heavy atom. The van der Waals surface area contributed by atoms with Crippen molar-refractivity contribution in [3.05, 3.63) is 29.3 Å². The van der Waals surface area contributed by atoms with Crippen LogP contribution in [0.25, 0.3) is 0 Å². The summed E-state index contributed by atoms with van der Waals surface area (Å²) in [6, 6.07) is 5.92. The van der Waals surface area contributed by atoms with E-state index in [4.69, 9.17) is 10.5 Å². The molecule has 0 amide bonds. The molecule has 0 fully saturated rings. The average Bonchev–Trinajstić information content (AvgIpc) is 2.35. The number of aryl methyl sites for hydroxylation is 1. The molecule has 0 radical (unpaired) electrons. The summed E-state index contributed by atoms with van der Waals surface area (Å²) < 4.78 is 5.80. The summed E-state index contributed by atoms with van der Waals surface area (Å²) in [5.74, 6) is 0.783. The third-order valence-electron chi connectivity index (χ3n) is 3.47. The maximum absolute atomic E-state index is 10.2. The Morgan fingerprint density at radius 2 is 1.94 bits per heavy atom. The lowest BCUT2D eigenvalue weighted by atomic mass is 9.99. The van der Waals surface area contributed by atoms with Gasteiger partial charge >= 0.3 is 0 Å². The molecule has 1 atom stereocenters. The highest BCUT2D eigenvalue weighted by Gasteiger charge is 2.23. The second-order valence-corrected chi connectivity index (χ2v) is 5.05. The average molecular weight is 251 g/mol. The normalized spacial score (nSPS) is 13.4. The minimum Gasteiger partial charge on any atom is -0.490 e. The van der Waals surface area contributed by atoms with Crippen molar-refractivity contribution in [2.75, 3.05) is 6.61 Å². The van der Waals surface area contributed by atoms with Gasteiger partial charge in [0.1, 0.15) is 12.4 Å². The molecule has 0 aliphatic heterocycles. The highest BCUT2D eigenvalue weighted by molar-refractivity contribution is 5.39. The first-order chi connectivity index (χ1) is 8.41. The second-order valence-electron chi connectivity index (χ2n) is 5.05. The van der Waals surface area contributed by atoms with Crippen LogP contribution in [-0.2, 0) is 0 Å². The third kappa shape index (κ3) is 3.72. The van der Waals surface area contributed by atoms with E-state index in [1.54, 1.807) is 0 Å². The molecule has 0 saturated heterocycles. The van der Waals surface area contributed by atoms with E-state index < -0.39 is 5.60 Å². The molecule has 0 unspecified atom stereocenters. The van der Waals surface area contributed by atoms with Crippen molar-refractivity contribution in [1.82, 2.24) is 0 Å². The van der Waals surface area contributed by atoms with Crippen molar-refractivity contribution < 1.29 is 9.84 Å². The van der Waals surface area contributed by atoms with Crippen molar-refractivity contribution in [2.45, 2.75) is 52.2 Å². The zero-order chi connectivity index (χ0) is 13.8. The SMILES string of the molecule is CCC(O)(CC)COc1cc(C)ccc1[C@@H](C)N. The van der Waals surface area contributed by atoms with Crippen LogP contribution in [0.4, 0.5) is 0 Å². The second kappa shape index (κ2) is 6.21. The van der Waals surface area contributed by atoms with Crippen LogP contribution >= 0.6 is 0 Å². The first-order valence-electron chi connectivity index (χ1n) is 6.63. The van der Waals surface area contributed by atoms with Crippen molar-refractivity contribution in [2.24, 2.45) is 5.73 Å². The van der Waals surface area contributed by atoms with Gasteiger partial charge in [0.25, 0.3) is 0 Å². The van der Waals surface area contributed by atoms with Gasteiger partial charge < -0.3 is 15.6 Å². The quantitative estimate of drug-likeness (QED) is 0.817. The monoisotopic (exact) mass is 251 g/mol. The van der Waals surface area contributed by atoms with Crippen LogP contribution in [0, 0.1) is 6.92 Å². The smallest absolute Gasteiger partial charge is 0.124 e. The molecule has 0 spiro atoms. The number of rotatable bonds is 6. The van der Waals surface area contributed by atoms with E-state index in [2.05, 4.69) is 0 Å². The summed E-state index contributed by atoms with van der Waals surface area (Å²) in [6.07, 6.45) is 1.37. The predicted octanol–water partition coefficient (Wildman–Crippen LogP) is 2.94. The minimum atomic E-state index is -0.751. The summed E-state index contributed by atoms with van der Waals surface area (Å²) in [5, 5.41) is 10.2. The maximum Gasteiger partial charge on any atom is 0.124 e. The maximum atomic E-state index is 10.2. The Hall–Kier alpha value is -1.06. The molecule has 0 heterocycles. The zero-order valence-electron chi connectivity index (χ0n) is 11.9. The molecule has 3 heteroatoms. The van der Waals surface area contributed by atoms with E-state index >= 15 is 0 Å². The molecule has 1 rings (SSSR count). The first kappa shape index (κ1) is 15.0. The van der Waals surface area contributed by atoms with Crippen LogP contribution in [0.5, 0.6) is 5.75 Å². The van der Waals surface area contributed by atoms with Gasteiger partial charge in [-0.25, -0.2) is 0 Å². The molecular weight excluding hydrogens is 226 g/mol. The lowest BCUT2D eigenvalue weighted by Crippen LogP contribution is -2.34. The van der Waals surface area contributed by atoms with E-state index in [0.29, 0.717) is 19.4 Å². The van der Waals surface area contributed by atoms with Crippen molar-refractivity contribution in [3.63, 3.8) is 0 Å². The van der Waals surface area contributed by atoms with Crippen molar-refractivity contribution >= 4 is 0 Å². The third-order valence-corrected chi connectivity index (χ3v) is 3.47. The zero-order valence-corrected chi connectivity index (χ0v) is 11.9. The lowest BCUT2D eigenvalue weighted by molar-refractivity contribution is -0.0116. The molecule has 1 aromatic carbocycles. The van der Waals surface area contributed by atoms with E-state index in [9.17, 15) is 5.11 Å². The molecule has 102 valence electrons. The first-order valence-corrected chi connectivity index (χ1v) is 6.63. The highest BCUT2D eigenvalue weighted by Crippen LogP contribution is 2.27. The van der Waals surface area contributed by atoms with Gasteiger partial charge in [0.05, 0.1) is 5.60 Å². The summed E-state index contributed by atoms with van der Waals surface area (Å²) in [4.78, 5) is 0. The Balaban J connectivity index is 2.86. The molecule has 18 heavy (non-hydrogen) atoms. The van der Waals surface area contributed by atoms with Gasteiger partial charge in [-0.1, -0.05) is 26.0 Å². The minimum absolute atomic E-state index is 0.0723. The van der Waals surface area contributed by atoms with Crippen molar-refractivity contribution in [3.8, 4) is 5.75 Å². The largest absolute Gasteiger partial charge is 0.490 e. The summed E-state index contributed by atoms with van der Waals surface area (Å²) >= 11 is 0. The molecule has 0 aliphatic rings. The van der Waals surface area contributed by atoms with Gasteiger partial charge in [-0.2, -0.15) is 0 Å².